The van der Waals surface area contributed by atoms with Crippen molar-refractivity contribution in [3.05, 3.63) is 115 Å². The molecule has 1 aliphatic carbocycles. The van der Waals surface area contributed by atoms with Crippen molar-refractivity contribution in [2.75, 3.05) is 0 Å². The molecule has 0 unspecified atom stereocenters. The van der Waals surface area contributed by atoms with Crippen LogP contribution >= 0.6 is 0 Å². The van der Waals surface area contributed by atoms with E-state index in [-0.39, 0.29) is 0 Å². The third-order valence-electron chi connectivity index (χ3n) is 5.52. The van der Waals surface area contributed by atoms with Gasteiger partial charge in [-0.2, -0.15) is 0 Å². The van der Waals surface area contributed by atoms with E-state index in [1.165, 1.54) is 22.3 Å². The summed E-state index contributed by atoms with van der Waals surface area (Å²) >= 11 is 0. The SMILES string of the molecule is C1=CCCC(c2ccc(-c3cc(-c4ccc(-c5ccccc5)cc4)ncn3)cc2)=C1. The molecule has 2 heteroatoms. The van der Waals surface area contributed by atoms with Crippen molar-refractivity contribution in [1.29, 1.82) is 0 Å². The Kier molecular flexibility index (Phi) is 5.05. The molecule has 1 aliphatic rings. The number of hydrogen-bond acceptors (Lipinski definition) is 2. The number of benzene rings is 3. The quantitative estimate of drug-likeness (QED) is 0.370. The largest absolute Gasteiger partial charge is 0.236 e. The molecule has 0 saturated carbocycles. The van der Waals surface area contributed by atoms with E-state index in [2.05, 4.69) is 107 Å². The highest BCUT2D eigenvalue weighted by atomic mass is 14.8. The van der Waals surface area contributed by atoms with Gasteiger partial charge in [0.05, 0.1) is 11.4 Å². The van der Waals surface area contributed by atoms with Crippen molar-refractivity contribution in [2.24, 2.45) is 0 Å². The lowest BCUT2D eigenvalue weighted by Gasteiger charge is -2.10. The Labute approximate surface area is 177 Å². The molecule has 3 aromatic carbocycles. The van der Waals surface area contributed by atoms with E-state index in [0.29, 0.717) is 0 Å². The van der Waals surface area contributed by atoms with Crippen molar-refractivity contribution in [2.45, 2.75) is 12.8 Å². The zero-order valence-electron chi connectivity index (χ0n) is 16.7. The average molecular weight is 386 g/mol. The maximum atomic E-state index is 4.51. The summed E-state index contributed by atoms with van der Waals surface area (Å²) < 4.78 is 0. The van der Waals surface area contributed by atoms with Gasteiger partial charge in [0.2, 0.25) is 0 Å². The Hall–Kier alpha value is -3.78. The van der Waals surface area contributed by atoms with Gasteiger partial charge in [0, 0.05) is 11.1 Å². The second kappa shape index (κ2) is 8.30. The van der Waals surface area contributed by atoms with Gasteiger partial charge in [-0.05, 0) is 41.2 Å². The lowest BCUT2D eigenvalue weighted by atomic mass is 9.96. The smallest absolute Gasteiger partial charge is 0.116 e. The number of hydrogen-bond donors (Lipinski definition) is 0. The Balaban J connectivity index is 1.40. The molecular formula is C28H22N2. The highest BCUT2D eigenvalue weighted by Crippen LogP contribution is 2.28. The molecule has 0 bridgehead atoms. The van der Waals surface area contributed by atoms with Crippen LogP contribution in [0.2, 0.25) is 0 Å². The van der Waals surface area contributed by atoms with Gasteiger partial charge in [-0.3, -0.25) is 0 Å². The van der Waals surface area contributed by atoms with Crippen LogP contribution in [0.1, 0.15) is 18.4 Å². The molecule has 0 spiro atoms. The van der Waals surface area contributed by atoms with E-state index in [1.807, 2.05) is 6.07 Å². The van der Waals surface area contributed by atoms with Crippen LogP contribution in [0.5, 0.6) is 0 Å². The van der Waals surface area contributed by atoms with Gasteiger partial charge in [-0.15, -0.1) is 0 Å². The molecule has 5 rings (SSSR count). The first kappa shape index (κ1) is 18.3. The molecule has 0 N–H and O–H groups in total. The second-order valence-electron chi connectivity index (χ2n) is 7.47. The molecule has 0 aliphatic heterocycles. The normalized spacial score (nSPS) is 13.1. The maximum absolute atomic E-state index is 4.51. The maximum Gasteiger partial charge on any atom is 0.116 e. The molecular weight excluding hydrogens is 364 g/mol. The van der Waals surface area contributed by atoms with Gasteiger partial charge in [-0.1, -0.05) is 97.1 Å². The third kappa shape index (κ3) is 3.85. The summed E-state index contributed by atoms with van der Waals surface area (Å²) in [6, 6.07) is 29.7. The van der Waals surface area contributed by atoms with Gasteiger partial charge in [0.1, 0.15) is 6.33 Å². The summed E-state index contributed by atoms with van der Waals surface area (Å²) in [4.78, 5) is 9.01. The lowest BCUT2D eigenvalue weighted by molar-refractivity contribution is 1.05. The fourth-order valence-corrected chi connectivity index (χ4v) is 3.84. The molecule has 0 atom stereocenters. The summed E-state index contributed by atoms with van der Waals surface area (Å²) in [6.45, 7) is 0. The molecule has 2 nitrogen and oxygen atoms in total. The van der Waals surface area contributed by atoms with E-state index in [1.54, 1.807) is 6.33 Å². The van der Waals surface area contributed by atoms with Crippen LogP contribution in [0.4, 0.5) is 0 Å². The Bertz CT molecular complexity index is 1200. The molecule has 0 radical (unpaired) electrons. The number of aromatic nitrogens is 2. The van der Waals surface area contributed by atoms with Crippen molar-refractivity contribution in [3.8, 4) is 33.6 Å². The third-order valence-corrected chi connectivity index (χ3v) is 5.52. The Morgan fingerprint density at radius 3 is 1.73 bits per heavy atom. The summed E-state index contributed by atoms with van der Waals surface area (Å²) in [5, 5.41) is 0. The number of nitrogens with zero attached hydrogens (tertiary/aromatic N) is 2. The predicted molar refractivity (Wildman–Crippen MR) is 125 cm³/mol. The minimum atomic E-state index is 0.934. The van der Waals surface area contributed by atoms with Crippen LogP contribution in [0, 0.1) is 0 Å². The first-order valence-electron chi connectivity index (χ1n) is 10.3. The fourth-order valence-electron chi connectivity index (χ4n) is 3.84. The van der Waals surface area contributed by atoms with Crippen LogP contribution in [0.15, 0.2) is 109 Å². The van der Waals surface area contributed by atoms with Crippen molar-refractivity contribution < 1.29 is 0 Å². The highest BCUT2D eigenvalue weighted by Gasteiger charge is 2.07. The first-order valence-corrected chi connectivity index (χ1v) is 10.3. The fraction of sp³-hybridized carbons (Fsp3) is 0.0714. The molecule has 144 valence electrons. The molecule has 4 aromatic rings. The Morgan fingerprint density at radius 1 is 0.567 bits per heavy atom. The van der Waals surface area contributed by atoms with E-state index in [0.717, 1.165) is 35.4 Å². The molecule has 0 saturated heterocycles. The van der Waals surface area contributed by atoms with Gasteiger partial charge in [0.15, 0.2) is 0 Å². The topological polar surface area (TPSA) is 25.8 Å². The van der Waals surface area contributed by atoms with Crippen LogP contribution in [-0.2, 0) is 0 Å². The van der Waals surface area contributed by atoms with Crippen LogP contribution in [0.25, 0.3) is 39.2 Å². The van der Waals surface area contributed by atoms with Crippen molar-refractivity contribution >= 4 is 5.57 Å². The van der Waals surface area contributed by atoms with Crippen molar-refractivity contribution in [1.82, 2.24) is 9.97 Å². The van der Waals surface area contributed by atoms with Gasteiger partial charge in [0.25, 0.3) is 0 Å². The van der Waals surface area contributed by atoms with Gasteiger partial charge >= 0.3 is 0 Å². The van der Waals surface area contributed by atoms with Gasteiger partial charge < -0.3 is 0 Å². The van der Waals surface area contributed by atoms with E-state index < -0.39 is 0 Å². The summed E-state index contributed by atoms with van der Waals surface area (Å²) in [5.74, 6) is 0. The molecule has 0 amide bonds. The lowest BCUT2D eigenvalue weighted by Crippen LogP contribution is -1.91. The summed E-state index contributed by atoms with van der Waals surface area (Å²) in [5.41, 5.74) is 9.18. The number of allylic oxidation sites excluding steroid dienone is 4. The van der Waals surface area contributed by atoms with Gasteiger partial charge in [-0.25, -0.2) is 9.97 Å². The highest BCUT2D eigenvalue weighted by molar-refractivity contribution is 5.73. The minimum absolute atomic E-state index is 0.934. The van der Waals surface area contributed by atoms with E-state index in [9.17, 15) is 0 Å². The molecule has 30 heavy (non-hydrogen) atoms. The standard InChI is InChI=1S/C28H22N2/c1-3-7-21(8-4-1)23-11-15-25(16-12-23)27-19-28(30-20-29-27)26-17-13-24(14-18-26)22-9-5-2-6-10-22/h1-5,7-9,11-20H,6,10H2. The predicted octanol–water partition coefficient (Wildman–Crippen LogP) is 7.21. The first-order chi connectivity index (χ1) is 14.9. The number of rotatable bonds is 4. The van der Waals surface area contributed by atoms with Crippen molar-refractivity contribution in [3.63, 3.8) is 0 Å². The van der Waals surface area contributed by atoms with Crippen LogP contribution < -0.4 is 0 Å². The average Bonchev–Trinajstić information content (AvgIpc) is 2.85. The second-order valence-corrected chi connectivity index (χ2v) is 7.47. The monoisotopic (exact) mass is 386 g/mol. The van der Waals surface area contributed by atoms with E-state index >= 15 is 0 Å². The summed E-state index contributed by atoms with van der Waals surface area (Å²) in [7, 11) is 0. The molecule has 0 fully saturated rings. The molecule has 1 aromatic heterocycles. The summed E-state index contributed by atoms with van der Waals surface area (Å²) in [6.07, 6.45) is 10.4. The zero-order valence-corrected chi connectivity index (χ0v) is 16.7. The Morgan fingerprint density at radius 2 is 1.13 bits per heavy atom. The minimum Gasteiger partial charge on any atom is -0.236 e. The van der Waals surface area contributed by atoms with E-state index in [4.69, 9.17) is 0 Å². The molecule has 1 heterocycles. The van der Waals surface area contributed by atoms with Crippen LogP contribution in [0.3, 0.4) is 0 Å². The van der Waals surface area contributed by atoms with Crippen LogP contribution in [-0.4, -0.2) is 9.97 Å². The zero-order chi connectivity index (χ0) is 20.2.